The Morgan fingerprint density at radius 1 is 1.27 bits per heavy atom. The highest BCUT2D eigenvalue weighted by atomic mass is 32.1. The van der Waals surface area contributed by atoms with Gasteiger partial charge >= 0.3 is 12.1 Å². The summed E-state index contributed by atoms with van der Waals surface area (Å²) in [5.74, 6) is -2.01. The number of hydrogen-bond donors (Lipinski definition) is 4. The SMILES string of the molecule is COc1ccc(-c2cc(=O)[nH]c(=S)n2CCN[C@H](C)C(N)=O)c(OC)c1.O=C(O)C(F)(F)F. The number of nitrogens with two attached hydrogens (primary N) is 1. The van der Waals surface area contributed by atoms with E-state index in [-0.39, 0.29) is 10.3 Å². The fourth-order valence-electron chi connectivity index (χ4n) is 2.47. The number of rotatable bonds is 8. The van der Waals surface area contributed by atoms with Gasteiger partial charge in [0.15, 0.2) is 4.77 Å². The molecule has 0 fully saturated rings. The summed E-state index contributed by atoms with van der Waals surface area (Å²) in [5, 5.41) is 10.1. The van der Waals surface area contributed by atoms with Gasteiger partial charge in [-0.15, -0.1) is 0 Å². The van der Waals surface area contributed by atoms with E-state index in [0.717, 1.165) is 0 Å². The molecule has 1 aromatic carbocycles. The molecule has 2 aromatic rings. The zero-order chi connectivity index (χ0) is 25.3. The Labute approximate surface area is 191 Å². The third-order valence-electron chi connectivity index (χ3n) is 4.17. The van der Waals surface area contributed by atoms with Crippen molar-refractivity contribution in [1.82, 2.24) is 14.9 Å². The zero-order valence-electron chi connectivity index (χ0n) is 17.9. The number of benzene rings is 1. The minimum atomic E-state index is -5.08. The zero-order valence-corrected chi connectivity index (χ0v) is 18.7. The molecular weight excluding hydrogens is 469 g/mol. The van der Waals surface area contributed by atoms with Crippen molar-refractivity contribution in [2.45, 2.75) is 25.7 Å². The second kappa shape index (κ2) is 12.0. The fraction of sp³-hybridized carbons (Fsp3) is 0.368. The van der Waals surface area contributed by atoms with E-state index < -0.39 is 24.1 Å². The van der Waals surface area contributed by atoms with Gasteiger partial charge in [-0.25, -0.2) is 4.79 Å². The molecule has 0 bridgehead atoms. The molecule has 1 heterocycles. The van der Waals surface area contributed by atoms with Crippen LogP contribution in [0.4, 0.5) is 13.2 Å². The van der Waals surface area contributed by atoms with Crippen molar-refractivity contribution in [1.29, 1.82) is 0 Å². The topological polar surface area (TPSA) is 149 Å². The van der Waals surface area contributed by atoms with E-state index in [0.29, 0.717) is 35.8 Å². The van der Waals surface area contributed by atoms with Crippen LogP contribution in [-0.2, 0) is 16.1 Å². The largest absolute Gasteiger partial charge is 0.497 e. The van der Waals surface area contributed by atoms with Gasteiger partial charge in [0.2, 0.25) is 5.91 Å². The molecule has 0 aliphatic rings. The van der Waals surface area contributed by atoms with Gasteiger partial charge in [0.25, 0.3) is 5.56 Å². The van der Waals surface area contributed by atoms with Gasteiger partial charge in [0.05, 0.1) is 26.0 Å². The van der Waals surface area contributed by atoms with Gasteiger partial charge in [0, 0.05) is 30.8 Å². The third-order valence-corrected chi connectivity index (χ3v) is 4.50. The van der Waals surface area contributed by atoms with Crippen LogP contribution in [0.2, 0.25) is 0 Å². The lowest BCUT2D eigenvalue weighted by Crippen LogP contribution is -2.40. The Morgan fingerprint density at radius 3 is 2.36 bits per heavy atom. The highest BCUT2D eigenvalue weighted by molar-refractivity contribution is 7.71. The molecule has 0 unspecified atom stereocenters. The van der Waals surface area contributed by atoms with Crippen LogP contribution in [0, 0.1) is 4.77 Å². The van der Waals surface area contributed by atoms with Gasteiger partial charge in [-0.3, -0.25) is 14.6 Å². The van der Waals surface area contributed by atoms with Crippen LogP contribution < -0.4 is 26.1 Å². The number of carbonyl (C=O) groups is 2. The molecule has 1 aromatic heterocycles. The molecule has 33 heavy (non-hydrogen) atoms. The lowest BCUT2D eigenvalue weighted by Gasteiger charge is -2.17. The van der Waals surface area contributed by atoms with Gasteiger partial charge in [-0.05, 0) is 31.3 Å². The van der Waals surface area contributed by atoms with Crippen LogP contribution in [0.15, 0.2) is 29.1 Å². The number of H-pyrrole nitrogens is 1. The van der Waals surface area contributed by atoms with Gasteiger partial charge < -0.3 is 30.2 Å². The number of aliphatic carboxylic acids is 1. The van der Waals surface area contributed by atoms with Crippen LogP contribution in [0.5, 0.6) is 11.5 Å². The van der Waals surface area contributed by atoms with Gasteiger partial charge in [-0.2, -0.15) is 13.2 Å². The van der Waals surface area contributed by atoms with E-state index >= 15 is 0 Å². The van der Waals surface area contributed by atoms with Crippen molar-refractivity contribution < 1.29 is 37.3 Å². The van der Waals surface area contributed by atoms with E-state index in [4.69, 9.17) is 37.3 Å². The Hall–Kier alpha value is -3.39. The number of amides is 1. The first-order chi connectivity index (χ1) is 15.3. The molecule has 0 saturated heterocycles. The summed E-state index contributed by atoms with van der Waals surface area (Å²) in [7, 11) is 3.11. The number of carboxylic acids is 1. The quantitative estimate of drug-likeness (QED) is 0.407. The molecule has 0 spiro atoms. The van der Waals surface area contributed by atoms with Crippen molar-refractivity contribution in [3.05, 3.63) is 39.4 Å². The molecule has 10 nitrogen and oxygen atoms in total. The van der Waals surface area contributed by atoms with Crippen molar-refractivity contribution in [2.75, 3.05) is 20.8 Å². The van der Waals surface area contributed by atoms with Crippen LogP contribution in [0.1, 0.15) is 6.92 Å². The molecule has 0 saturated carbocycles. The van der Waals surface area contributed by atoms with Crippen LogP contribution in [-0.4, -0.2) is 59.5 Å². The monoisotopic (exact) mass is 492 g/mol. The van der Waals surface area contributed by atoms with Gasteiger partial charge in [-0.1, -0.05) is 0 Å². The summed E-state index contributed by atoms with van der Waals surface area (Å²) in [5.41, 5.74) is 6.24. The highest BCUT2D eigenvalue weighted by Crippen LogP contribution is 2.32. The van der Waals surface area contributed by atoms with E-state index in [1.807, 2.05) is 0 Å². The van der Waals surface area contributed by atoms with Gasteiger partial charge in [0.1, 0.15) is 11.5 Å². The molecule has 5 N–H and O–H groups in total. The van der Waals surface area contributed by atoms with Crippen molar-refractivity contribution in [3.63, 3.8) is 0 Å². The van der Waals surface area contributed by atoms with Crippen molar-refractivity contribution >= 4 is 24.1 Å². The first-order valence-electron chi connectivity index (χ1n) is 9.21. The number of halogens is 3. The lowest BCUT2D eigenvalue weighted by atomic mass is 10.1. The van der Waals surface area contributed by atoms with E-state index in [1.54, 1.807) is 43.9 Å². The smallest absolute Gasteiger partial charge is 0.490 e. The molecule has 182 valence electrons. The number of methoxy groups -OCH3 is 2. The second-order valence-electron chi connectivity index (χ2n) is 6.42. The Morgan fingerprint density at radius 2 is 1.88 bits per heavy atom. The number of nitrogens with zero attached hydrogens (tertiary/aromatic N) is 1. The number of ether oxygens (including phenoxy) is 2. The number of carboxylic acid groups (broad SMARTS) is 1. The summed E-state index contributed by atoms with van der Waals surface area (Å²) in [6, 6.07) is 6.30. The van der Waals surface area contributed by atoms with E-state index in [1.165, 1.54) is 6.07 Å². The number of carbonyl (C=O) groups excluding carboxylic acids is 1. The summed E-state index contributed by atoms with van der Waals surface area (Å²) in [6.07, 6.45) is -5.08. The molecule has 1 atom stereocenters. The van der Waals surface area contributed by atoms with Crippen LogP contribution >= 0.6 is 12.2 Å². The van der Waals surface area contributed by atoms with Crippen LogP contribution in [0.25, 0.3) is 11.3 Å². The average Bonchev–Trinajstić information content (AvgIpc) is 2.73. The second-order valence-corrected chi connectivity index (χ2v) is 6.81. The van der Waals surface area contributed by atoms with Crippen molar-refractivity contribution in [3.8, 4) is 22.8 Å². The summed E-state index contributed by atoms with van der Waals surface area (Å²) in [4.78, 5) is 34.6. The fourth-order valence-corrected chi connectivity index (χ4v) is 2.76. The molecular formula is C19H23F3N4O6S. The number of hydrogen-bond acceptors (Lipinski definition) is 7. The minimum absolute atomic E-state index is 0.277. The third kappa shape index (κ3) is 8.23. The molecule has 2 rings (SSSR count). The maximum atomic E-state index is 12.0. The standard InChI is InChI=1S/C17H22N4O4S.C2HF3O2/c1-10(16(18)23)19-6-7-21-13(9-15(22)20-17(21)26)12-5-4-11(24-2)8-14(12)25-3;3-2(4,5)1(6)7/h4-5,8-10,19H,6-7H2,1-3H3,(H2,18,23)(H,20,22,26);(H,6,7)/t10-;/m1./s1. The average molecular weight is 492 g/mol. The van der Waals surface area contributed by atoms with E-state index in [2.05, 4.69) is 10.3 Å². The lowest BCUT2D eigenvalue weighted by molar-refractivity contribution is -0.192. The predicted molar refractivity (Wildman–Crippen MR) is 115 cm³/mol. The molecule has 0 radical (unpaired) electrons. The molecule has 1 amide bonds. The number of primary amides is 1. The summed E-state index contributed by atoms with van der Waals surface area (Å²) >= 11 is 5.31. The maximum Gasteiger partial charge on any atom is 0.490 e. The summed E-state index contributed by atoms with van der Waals surface area (Å²) < 4.78 is 44.4. The Balaban J connectivity index is 0.000000675. The molecule has 14 heteroatoms. The number of aromatic amines is 1. The number of nitrogens with one attached hydrogen (secondary N) is 2. The minimum Gasteiger partial charge on any atom is -0.497 e. The number of alkyl halides is 3. The van der Waals surface area contributed by atoms with E-state index in [9.17, 15) is 22.8 Å². The number of aromatic nitrogens is 2. The normalized spacial score (nSPS) is 11.7. The van der Waals surface area contributed by atoms with Crippen LogP contribution in [0.3, 0.4) is 0 Å². The Bertz CT molecular complexity index is 1100. The molecule has 0 aliphatic carbocycles. The maximum absolute atomic E-state index is 12.0. The van der Waals surface area contributed by atoms with Crippen molar-refractivity contribution in [2.24, 2.45) is 5.73 Å². The summed E-state index contributed by atoms with van der Waals surface area (Å²) in [6.45, 7) is 2.55. The Kier molecular flexibility index (Phi) is 10.1. The molecule has 0 aliphatic heterocycles. The first-order valence-corrected chi connectivity index (χ1v) is 9.62. The predicted octanol–water partition coefficient (Wildman–Crippen LogP) is 1.69. The highest BCUT2D eigenvalue weighted by Gasteiger charge is 2.38. The first kappa shape index (κ1) is 27.6.